The first-order valence-electron chi connectivity index (χ1n) is 8.51. The number of carbonyl (C=O) groups is 1. The molecule has 2 N–H and O–H groups in total. The van der Waals surface area contributed by atoms with E-state index in [1.54, 1.807) is 18.2 Å². The molecule has 1 amide bonds. The molecule has 1 aromatic carbocycles. The molecule has 2 unspecified atom stereocenters. The number of hydrogen-bond donors (Lipinski definition) is 2. The molecule has 2 fully saturated rings. The quantitative estimate of drug-likeness (QED) is 0.827. The van der Waals surface area contributed by atoms with Crippen molar-refractivity contribution in [2.75, 3.05) is 29.7 Å². The molecule has 8 heteroatoms. The van der Waals surface area contributed by atoms with Crippen LogP contribution in [0.15, 0.2) is 18.2 Å². The summed E-state index contributed by atoms with van der Waals surface area (Å²) in [6.45, 7) is 6.33. The number of amides is 1. The lowest BCUT2D eigenvalue weighted by atomic mass is 9.94. The molecule has 0 aliphatic carbocycles. The summed E-state index contributed by atoms with van der Waals surface area (Å²) in [6, 6.07) is 5.44. The van der Waals surface area contributed by atoms with Crippen LogP contribution in [0.5, 0.6) is 0 Å². The van der Waals surface area contributed by atoms with Crippen LogP contribution in [0, 0.1) is 12.8 Å². The molecule has 2 aliphatic rings. The van der Waals surface area contributed by atoms with Gasteiger partial charge in [-0.1, -0.05) is 6.92 Å². The van der Waals surface area contributed by atoms with E-state index in [2.05, 4.69) is 17.6 Å². The van der Waals surface area contributed by atoms with E-state index in [-0.39, 0.29) is 30.1 Å². The number of carbonyl (C=O) groups excluding carboxylic acids is 1. The lowest BCUT2D eigenvalue weighted by Gasteiger charge is -2.30. The van der Waals surface area contributed by atoms with Gasteiger partial charge in [-0.2, -0.15) is 0 Å². The maximum atomic E-state index is 12.6. The van der Waals surface area contributed by atoms with E-state index in [0.29, 0.717) is 30.1 Å². The van der Waals surface area contributed by atoms with Gasteiger partial charge in [0, 0.05) is 18.2 Å². The van der Waals surface area contributed by atoms with Gasteiger partial charge in [-0.05, 0) is 62.5 Å². The maximum Gasteiger partial charge on any atom is 0.251 e. The monoisotopic (exact) mass is 387 g/mol. The lowest BCUT2D eigenvalue weighted by molar-refractivity contribution is 0.0913. The highest BCUT2D eigenvalue weighted by molar-refractivity contribution is 7.93. The van der Waals surface area contributed by atoms with Gasteiger partial charge in [0.05, 0.1) is 11.4 Å². The first kappa shape index (κ1) is 20.0. The average Bonchev–Trinajstić information content (AvgIpc) is 2.88. The molecule has 2 atom stereocenters. The molecule has 2 heterocycles. The van der Waals surface area contributed by atoms with Gasteiger partial charge < -0.3 is 10.6 Å². The minimum absolute atomic E-state index is 0. The number of anilines is 1. The second kappa shape index (κ2) is 7.93. The first-order chi connectivity index (χ1) is 11.4. The van der Waals surface area contributed by atoms with Gasteiger partial charge in [-0.25, -0.2) is 8.42 Å². The molecule has 140 valence electrons. The van der Waals surface area contributed by atoms with E-state index < -0.39 is 10.0 Å². The maximum absolute atomic E-state index is 12.6. The van der Waals surface area contributed by atoms with Crippen LogP contribution >= 0.6 is 12.4 Å². The zero-order chi connectivity index (χ0) is 17.3. The van der Waals surface area contributed by atoms with Crippen molar-refractivity contribution in [3.05, 3.63) is 29.3 Å². The van der Waals surface area contributed by atoms with Crippen molar-refractivity contribution in [1.82, 2.24) is 10.6 Å². The minimum atomic E-state index is -3.19. The fourth-order valence-corrected chi connectivity index (χ4v) is 5.02. The molecule has 0 spiro atoms. The molecule has 0 saturated carbocycles. The molecule has 0 aromatic heterocycles. The Kier molecular flexibility index (Phi) is 6.35. The molecule has 6 nitrogen and oxygen atoms in total. The molecule has 25 heavy (non-hydrogen) atoms. The van der Waals surface area contributed by atoms with Crippen molar-refractivity contribution in [1.29, 1.82) is 0 Å². The van der Waals surface area contributed by atoms with Gasteiger partial charge >= 0.3 is 0 Å². The normalized spacial score (nSPS) is 25.3. The number of piperidine rings is 1. The highest BCUT2D eigenvalue weighted by Gasteiger charge is 2.29. The third-order valence-corrected chi connectivity index (χ3v) is 6.81. The number of halogens is 1. The number of rotatable bonds is 3. The fraction of sp³-hybridized carbons (Fsp3) is 0.588. The summed E-state index contributed by atoms with van der Waals surface area (Å²) >= 11 is 0. The minimum Gasteiger partial charge on any atom is -0.349 e. The van der Waals surface area contributed by atoms with E-state index >= 15 is 0 Å². The molecule has 3 rings (SSSR count). The fourth-order valence-electron chi connectivity index (χ4n) is 3.46. The Balaban J connectivity index is 0.00000225. The Hall–Kier alpha value is -1.31. The predicted molar refractivity (Wildman–Crippen MR) is 102 cm³/mol. The van der Waals surface area contributed by atoms with Crippen LogP contribution in [0.3, 0.4) is 0 Å². The van der Waals surface area contributed by atoms with E-state index in [9.17, 15) is 13.2 Å². The Morgan fingerprint density at radius 2 is 2.12 bits per heavy atom. The van der Waals surface area contributed by atoms with Crippen LogP contribution in [0.1, 0.15) is 35.7 Å². The van der Waals surface area contributed by atoms with Crippen LogP contribution in [0.2, 0.25) is 0 Å². The highest BCUT2D eigenvalue weighted by Crippen LogP contribution is 2.26. The predicted octanol–water partition coefficient (Wildman–Crippen LogP) is 1.68. The second-order valence-corrected chi connectivity index (χ2v) is 8.80. The van der Waals surface area contributed by atoms with Crippen molar-refractivity contribution >= 4 is 34.0 Å². The van der Waals surface area contributed by atoms with Gasteiger partial charge in [0.1, 0.15) is 0 Å². The van der Waals surface area contributed by atoms with Gasteiger partial charge in [0.2, 0.25) is 10.0 Å². The summed E-state index contributed by atoms with van der Waals surface area (Å²) in [6.07, 6.45) is 1.58. The number of hydrogen-bond acceptors (Lipinski definition) is 4. The van der Waals surface area contributed by atoms with Crippen LogP contribution in [-0.4, -0.2) is 45.8 Å². The molecular weight excluding hydrogens is 362 g/mol. The third kappa shape index (κ3) is 4.27. The van der Waals surface area contributed by atoms with Crippen LogP contribution in [0.25, 0.3) is 0 Å². The van der Waals surface area contributed by atoms with E-state index in [1.807, 2.05) is 6.92 Å². The van der Waals surface area contributed by atoms with Crippen LogP contribution in [0.4, 0.5) is 5.69 Å². The second-order valence-electron chi connectivity index (χ2n) is 6.79. The molecule has 0 bridgehead atoms. The summed E-state index contributed by atoms with van der Waals surface area (Å²) in [4.78, 5) is 12.6. The standard InChI is InChI=1S/C17H25N3O3S.ClH/c1-12-10-14(20-8-3-9-24(20,22)23)4-5-15(12)17(21)19-16-6-7-18-11-13(16)2;/h4-5,10,13,16,18H,3,6-9,11H2,1-2H3,(H,19,21);1H. The number of aryl methyl sites for hydroxylation is 1. The van der Waals surface area contributed by atoms with Crippen LogP contribution < -0.4 is 14.9 Å². The Morgan fingerprint density at radius 3 is 2.72 bits per heavy atom. The summed E-state index contributed by atoms with van der Waals surface area (Å²) in [5, 5.41) is 6.44. The zero-order valence-electron chi connectivity index (χ0n) is 14.6. The van der Waals surface area contributed by atoms with E-state index in [0.717, 1.165) is 25.1 Å². The first-order valence-corrected chi connectivity index (χ1v) is 10.1. The van der Waals surface area contributed by atoms with Crippen molar-refractivity contribution in [2.45, 2.75) is 32.7 Å². The highest BCUT2D eigenvalue weighted by atomic mass is 35.5. The summed E-state index contributed by atoms with van der Waals surface area (Å²) in [7, 11) is -3.19. The van der Waals surface area contributed by atoms with Crippen molar-refractivity contribution in [3.63, 3.8) is 0 Å². The Bertz CT molecular complexity index is 739. The topological polar surface area (TPSA) is 78.5 Å². The molecule has 2 aliphatic heterocycles. The number of benzene rings is 1. The van der Waals surface area contributed by atoms with Gasteiger partial charge in [0.15, 0.2) is 0 Å². The van der Waals surface area contributed by atoms with Gasteiger partial charge in [-0.3, -0.25) is 9.10 Å². The Morgan fingerprint density at radius 1 is 1.36 bits per heavy atom. The summed E-state index contributed by atoms with van der Waals surface area (Å²) < 4.78 is 25.5. The summed E-state index contributed by atoms with van der Waals surface area (Å²) in [5.41, 5.74) is 2.06. The van der Waals surface area contributed by atoms with E-state index in [1.165, 1.54) is 4.31 Å². The molecule has 2 saturated heterocycles. The molecule has 0 radical (unpaired) electrons. The Labute approximate surface area is 155 Å². The molecular formula is C17H26ClN3O3S. The van der Waals surface area contributed by atoms with E-state index in [4.69, 9.17) is 0 Å². The lowest BCUT2D eigenvalue weighted by Crippen LogP contribution is -2.48. The van der Waals surface area contributed by atoms with Crippen molar-refractivity contribution in [3.8, 4) is 0 Å². The smallest absolute Gasteiger partial charge is 0.251 e. The molecule has 1 aromatic rings. The number of sulfonamides is 1. The third-order valence-electron chi connectivity index (χ3n) is 4.94. The number of nitrogens with one attached hydrogen (secondary N) is 2. The summed E-state index contributed by atoms with van der Waals surface area (Å²) in [5.74, 6) is 0.515. The van der Waals surface area contributed by atoms with Gasteiger partial charge in [0.25, 0.3) is 5.91 Å². The average molecular weight is 388 g/mol. The van der Waals surface area contributed by atoms with Crippen molar-refractivity contribution < 1.29 is 13.2 Å². The van der Waals surface area contributed by atoms with Gasteiger partial charge in [-0.15, -0.1) is 12.4 Å². The largest absolute Gasteiger partial charge is 0.349 e. The number of nitrogens with zero attached hydrogens (tertiary/aromatic N) is 1. The SMILES string of the molecule is Cc1cc(N2CCCS2(=O)=O)ccc1C(=O)NC1CCNCC1C.Cl. The van der Waals surface area contributed by atoms with Crippen molar-refractivity contribution in [2.24, 2.45) is 5.92 Å². The van der Waals surface area contributed by atoms with Crippen LogP contribution in [-0.2, 0) is 10.0 Å². The zero-order valence-corrected chi connectivity index (χ0v) is 16.3.